The van der Waals surface area contributed by atoms with Crippen LogP contribution in [0.3, 0.4) is 0 Å². The molecule has 1 aromatic carbocycles. The molecule has 1 aromatic rings. The molecule has 3 rings (SSSR count). The summed E-state index contributed by atoms with van der Waals surface area (Å²) in [6, 6.07) is 11.8. The summed E-state index contributed by atoms with van der Waals surface area (Å²) in [5.74, 6) is 1.65. The van der Waals surface area contributed by atoms with Crippen LogP contribution in [0, 0.1) is 5.92 Å². The first-order valence-electron chi connectivity index (χ1n) is 12.3. The Hall–Kier alpha value is -0.900. The molecule has 2 fully saturated rings. The number of halogens is 1. The van der Waals surface area contributed by atoms with Crippen LogP contribution in [0.2, 0.25) is 0 Å². The lowest BCUT2D eigenvalue weighted by Gasteiger charge is -2.39. The van der Waals surface area contributed by atoms with Crippen molar-refractivity contribution in [2.75, 3.05) is 53.0 Å². The zero-order valence-electron chi connectivity index (χ0n) is 20.3. The maximum atomic E-state index is 5.59. The van der Waals surface area contributed by atoms with Crippen molar-refractivity contribution in [3.63, 3.8) is 0 Å². The molecule has 0 aromatic heterocycles. The number of guanidine groups is 1. The quantitative estimate of drug-likeness (QED) is 0.276. The average molecular weight is 558 g/mol. The minimum Gasteiger partial charge on any atom is -0.379 e. The molecule has 0 bridgehead atoms. The van der Waals surface area contributed by atoms with E-state index in [1.54, 1.807) is 0 Å². The number of morpholine rings is 1. The molecule has 7 heteroatoms. The third kappa shape index (κ3) is 8.47. The van der Waals surface area contributed by atoms with E-state index in [-0.39, 0.29) is 24.0 Å². The number of nitrogens with one attached hydrogen (secondary N) is 2. The number of benzene rings is 1. The molecule has 0 aliphatic carbocycles. The molecule has 32 heavy (non-hydrogen) atoms. The van der Waals surface area contributed by atoms with Crippen LogP contribution in [0.4, 0.5) is 0 Å². The Morgan fingerprint density at radius 3 is 2.31 bits per heavy atom. The van der Waals surface area contributed by atoms with Crippen LogP contribution in [0.15, 0.2) is 35.3 Å². The minimum absolute atomic E-state index is 0. The molecule has 2 aliphatic rings. The molecule has 0 amide bonds. The highest BCUT2D eigenvalue weighted by molar-refractivity contribution is 14.0. The van der Waals surface area contributed by atoms with Crippen LogP contribution in [0.1, 0.15) is 45.1 Å². The SMILES string of the molecule is CCC(CC)C(CNC(=NC)NC1CCN(Cc2ccccc2)CC1)N1CCOCC1.I. The number of hydrogen-bond acceptors (Lipinski definition) is 4. The molecule has 2 aliphatic heterocycles. The van der Waals surface area contributed by atoms with Gasteiger partial charge in [0.1, 0.15) is 0 Å². The summed E-state index contributed by atoms with van der Waals surface area (Å²) in [6.07, 6.45) is 4.75. The second-order valence-electron chi connectivity index (χ2n) is 8.93. The van der Waals surface area contributed by atoms with Gasteiger partial charge in [-0.1, -0.05) is 57.0 Å². The third-order valence-electron chi connectivity index (χ3n) is 6.99. The lowest BCUT2D eigenvalue weighted by Crippen LogP contribution is -2.55. The fourth-order valence-electron chi connectivity index (χ4n) is 5.00. The van der Waals surface area contributed by atoms with Crippen LogP contribution >= 0.6 is 24.0 Å². The van der Waals surface area contributed by atoms with Crippen molar-refractivity contribution in [2.24, 2.45) is 10.9 Å². The maximum absolute atomic E-state index is 5.59. The average Bonchev–Trinajstić information content (AvgIpc) is 2.83. The number of likely N-dealkylation sites (tertiary alicyclic amines) is 1. The predicted molar refractivity (Wildman–Crippen MR) is 145 cm³/mol. The van der Waals surface area contributed by atoms with Crippen molar-refractivity contribution in [3.8, 4) is 0 Å². The van der Waals surface area contributed by atoms with E-state index in [2.05, 4.69) is 69.6 Å². The highest BCUT2D eigenvalue weighted by Gasteiger charge is 2.27. The summed E-state index contributed by atoms with van der Waals surface area (Å²) in [7, 11) is 1.89. The second kappa shape index (κ2) is 15.1. The molecule has 0 radical (unpaired) electrons. The minimum atomic E-state index is 0. The van der Waals surface area contributed by atoms with Gasteiger partial charge in [0.15, 0.2) is 5.96 Å². The van der Waals surface area contributed by atoms with E-state index in [0.717, 1.165) is 71.3 Å². The fraction of sp³-hybridized carbons (Fsp3) is 0.720. The fourth-order valence-corrected chi connectivity index (χ4v) is 5.00. The molecule has 182 valence electrons. The van der Waals surface area contributed by atoms with Crippen molar-refractivity contribution < 1.29 is 4.74 Å². The number of hydrogen-bond donors (Lipinski definition) is 2. The van der Waals surface area contributed by atoms with Gasteiger partial charge in [-0.2, -0.15) is 0 Å². The van der Waals surface area contributed by atoms with E-state index >= 15 is 0 Å². The Labute approximate surface area is 212 Å². The molecule has 2 heterocycles. The first-order valence-corrected chi connectivity index (χ1v) is 12.3. The Morgan fingerprint density at radius 1 is 1.06 bits per heavy atom. The number of aliphatic imine (C=N–C) groups is 1. The number of ether oxygens (including phenoxy) is 1. The zero-order chi connectivity index (χ0) is 21.9. The van der Waals surface area contributed by atoms with Gasteiger partial charge in [-0.15, -0.1) is 24.0 Å². The van der Waals surface area contributed by atoms with Crippen LogP contribution in [0.25, 0.3) is 0 Å². The number of rotatable bonds is 9. The first-order chi connectivity index (χ1) is 15.2. The Balaban J connectivity index is 0.00000363. The lowest BCUT2D eigenvalue weighted by molar-refractivity contribution is 0.00270. The van der Waals surface area contributed by atoms with Gasteiger partial charge in [-0.25, -0.2) is 0 Å². The van der Waals surface area contributed by atoms with Gasteiger partial charge in [-0.3, -0.25) is 14.8 Å². The van der Waals surface area contributed by atoms with Crippen molar-refractivity contribution in [3.05, 3.63) is 35.9 Å². The van der Waals surface area contributed by atoms with Gasteiger partial charge in [-0.05, 0) is 24.3 Å². The summed E-state index contributed by atoms with van der Waals surface area (Å²) in [5.41, 5.74) is 1.40. The topological polar surface area (TPSA) is 52.1 Å². The summed E-state index contributed by atoms with van der Waals surface area (Å²) in [4.78, 5) is 9.71. The summed E-state index contributed by atoms with van der Waals surface area (Å²) in [5, 5.41) is 7.35. The van der Waals surface area contributed by atoms with Gasteiger partial charge < -0.3 is 15.4 Å². The Bertz CT molecular complexity index is 641. The summed E-state index contributed by atoms with van der Waals surface area (Å²) < 4.78 is 5.59. The number of piperidine rings is 1. The monoisotopic (exact) mass is 557 g/mol. The standard InChI is InChI=1S/C25H43N5O.HI/c1-4-22(5-2)24(30-15-17-31-18-16-30)19-27-25(26-3)28-23-11-13-29(14-12-23)20-21-9-7-6-8-10-21;/h6-10,22-24H,4-5,11-20H2,1-3H3,(H2,26,27,28);1H. The van der Waals surface area contributed by atoms with Crippen LogP contribution in [-0.4, -0.2) is 80.8 Å². The largest absolute Gasteiger partial charge is 0.379 e. The first kappa shape index (κ1) is 27.3. The van der Waals surface area contributed by atoms with E-state index in [1.165, 1.54) is 18.4 Å². The van der Waals surface area contributed by atoms with Gasteiger partial charge in [0, 0.05) is 58.4 Å². The van der Waals surface area contributed by atoms with Crippen molar-refractivity contribution >= 4 is 29.9 Å². The van der Waals surface area contributed by atoms with E-state index < -0.39 is 0 Å². The van der Waals surface area contributed by atoms with E-state index in [1.807, 2.05) is 7.05 Å². The van der Waals surface area contributed by atoms with E-state index in [9.17, 15) is 0 Å². The molecule has 0 spiro atoms. The van der Waals surface area contributed by atoms with Crippen LogP contribution in [-0.2, 0) is 11.3 Å². The molecular formula is C25H44IN5O. The van der Waals surface area contributed by atoms with Crippen LogP contribution < -0.4 is 10.6 Å². The molecule has 1 unspecified atom stereocenters. The normalized spacial score (nSPS) is 20.1. The third-order valence-corrected chi connectivity index (χ3v) is 6.99. The van der Waals surface area contributed by atoms with Crippen molar-refractivity contribution in [1.82, 2.24) is 20.4 Å². The second-order valence-corrected chi connectivity index (χ2v) is 8.93. The lowest BCUT2D eigenvalue weighted by atomic mass is 9.92. The van der Waals surface area contributed by atoms with E-state index in [0.29, 0.717) is 18.0 Å². The van der Waals surface area contributed by atoms with Crippen molar-refractivity contribution in [2.45, 2.75) is 58.2 Å². The summed E-state index contributed by atoms with van der Waals surface area (Å²) >= 11 is 0. The van der Waals surface area contributed by atoms with Crippen LogP contribution in [0.5, 0.6) is 0 Å². The van der Waals surface area contributed by atoms with Crippen molar-refractivity contribution in [1.29, 1.82) is 0 Å². The van der Waals surface area contributed by atoms with Gasteiger partial charge in [0.25, 0.3) is 0 Å². The molecule has 1 atom stereocenters. The highest BCUT2D eigenvalue weighted by atomic mass is 127. The number of nitrogens with zero attached hydrogens (tertiary/aromatic N) is 3. The predicted octanol–water partition coefficient (Wildman–Crippen LogP) is 3.57. The maximum Gasteiger partial charge on any atom is 0.191 e. The smallest absolute Gasteiger partial charge is 0.191 e. The summed E-state index contributed by atoms with van der Waals surface area (Å²) in [6.45, 7) is 12.7. The Kier molecular flexibility index (Phi) is 12.9. The highest BCUT2D eigenvalue weighted by Crippen LogP contribution is 2.20. The molecule has 0 saturated carbocycles. The van der Waals surface area contributed by atoms with Gasteiger partial charge >= 0.3 is 0 Å². The Morgan fingerprint density at radius 2 is 1.72 bits per heavy atom. The molecule has 2 saturated heterocycles. The molecular weight excluding hydrogens is 513 g/mol. The molecule has 6 nitrogen and oxygen atoms in total. The van der Waals surface area contributed by atoms with E-state index in [4.69, 9.17) is 4.74 Å². The van der Waals surface area contributed by atoms with Gasteiger partial charge in [0.2, 0.25) is 0 Å². The molecule has 2 N–H and O–H groups in total. The zero-order valence-corrected chi connectivity index (χ0v) is 22.6. The van der Waals surface area contributed by atoms with Gasteiger partial charge in [0.05, 0.1) is 13.2 Å².